The Bertz CT molecular complexity index is 546. The van der Waals surface area contributed by atoms with Gasteiger partial charge in [-0.1, -0.05) is 0 Å². The minimum Gasteiger partial charge on any atom is -0.383 e. The highest BCUT2D eigenvalue weighted by Crippen LogP contribution is 2.22. The quantitative estimate of drug-likeness (QED) is 0.609. The predicted molar refractivity (Wildman–Crippen MR) is 77.0 cm³/mol. The first kappa shape index (κ1) is 14.6. The summed E-state index contributed by atoms with van der Waals surface area (Å²) in [4.78, 5) is 4.39. The molecule has 20 heavy (non-hydrogen) atoms. The van der Waals surface area contributed by atoms with Crippen LogP contribution in [0.25, 0.3) is 0 Å². The molecule has 6 heteroatoms. The molecule has 1 atom stereocenters. The van der Waals surface area contributed by atoms with Crippen molar-refractivity contribution in [1.29, 1.82) is 0 Å². The van der Waals surface area contributed by atoms with E-state index in [0.29, 0.717) is 13.2 Å². The van der Waals surface area contributed by atoms with E-state index < -0.39 is 0 Å². The van der Waals surface area contributed by atoms with Crippen LogP contribution in [0.3, 0.4) is 0 Å². The number of pyridine rings is 1. The zero-order valence-corrected chi connectivity index (χ0v) is 12.1. The van der Waals surface area contributed by atoms with Gasteiger partial charge in [-0.3, -0.25) is 15.5 Å². The van der Waals surface area contributed by atoms with Gasteiger partial charge in [-0.25, -0.2) is 5.43 Å². The van der Waals surface area contributed by atoms with Gasteiger partial charge in [-0.05, 0) is 37.6 Å². The second-order valence-electron chi connectivity index (χ2n) is 4.75. The average Bonchev–Trinajstić information content (AvgIpc) is 2.84. The van der Waals surface area contributed by atoms with Crippen molar-refractivity contribution in [3.8, 4) is 0 Å². The highest BCUT2D eigenvalue weighted by molar-refractivity contribution is 5.30. The van der Waals surface area contributed by atoms with E-state index in [2.05, 4.69) is 15.5 Å². The van der Waals surface area contributed by atoms with Gasteiger partial charge in [-0.15, -0.1) is 0 Å². The number of nitrogens with zero attached hydrogens (tertiary/aromatic N) is 3. The lowest BCUT2D eigenvalue weighted by atomic mass is 10.0. The van der Waals surface area contributed by atoms with E-state index in [9.17, 15) is 0 Å². The third kappa shape index (κ3) is 3.22. The predicted octanol–water partition coefficient (Wildman–Crippen LogP) is 1.09. The SMILES string of the molecule is COCCn1nccc1C(NN)c1cc(C)nc(C)c1. The Labute approximate surface area is 118 Å². The number of rotatable bonds is 6. The largest absolute Gasteiger partial charge is 0.383 e. The molecule has 1 unspecified atom stereocenters. The van der Waals surface area contributed by atoms with Gasteiger partial charge in [0.25, 0.3) is 0 Å². The fourth-order valence-electron chi connectivity index (χ4n) is 2.34. The summed E-state index contributed by atoms with van der Waals surface area (Å²) in [7, 11) is 1.68. The molecule has 2 aromatic heterocycles. The van der Waals surface area contributed by atoms with Crippen LogP contribution in [0.5, 0.6) is 0 Å². The number of nitrogens with one attached hydrogen (secondary N) is 1. The minimum absolute atomic E-state index is 0.116. The van der Waals surface area contributed by atoms with Gasteiger partial charge in [0.1, 0.15) is 0 Å². The lowest BCUT2D eigenvalue weighted by Gasteiger charge is -2.19. The molecule has 2 aromatic rings. The molecule has 0 aliphatic heterocycles. The molecule has 2 rings (SSSR count). The summed E-state index contributed by atoms with van der Waals surface area (Å²) in [5.41, 5.74) is 6.90. The molecule has 0 aromatic carbocycles. The molecule has 2 heterocycles. The highest BCUT2D eigenvalue weighted by atomic mass is 16.5. The minimum atomic E-state index is -0.116. The van der Waals surface area contributed by atoms with Crippen molar-refractivity contribution < 1.29 is 4.74 Å². The maximum absolute atomic E-state index is 5.75. The molecule has 0 aliphatic rings. The molecule has 3 N–H and O–H groups in total. The van der Waals surface area contributed by atoms with E-state index in [1.165, 1.54) is 0 Å². The van der Waals surface area contributed by atoms with Crippen molar-refractivity contribution >= 4 is 0 Å². The number of hydrogen-bond donors (Lipinski definition) is 2. The van der Waals surface area contributed by atoms with E-state index >= 15 is 0 Å². The van der Waals surface area contributed by atoms with Crippen LogP contribution in [0.15, 0.2) is 24.4 Å². The maximum Gasteiger partial charge on any atom is 0.0879 e. The van der Waals surface area contributed by atoms with Crippen molar-refractivity contribution in [2.24, 2.45) is 5.84 Å². The van der Waals surface area contributed by atoms with Gasteiger partial charge in [0, 0.05) is 24.7 Å². The smallest absolute Gasteiger partial charge is 0.0879 e. The fourth-order valence-corrected chi connectivity index (χ4v) is 2.34. The van der Waals surface area contributed by atoms with Gasteiger partial charge in [0.05, 0.1) is 24.9 Å². The lowest BCUT2D eigenvalue weighted by Crippen LogP contribution is -2.31. The summed E-state index contributed by atoms with van der Waals surface area (Å²) in [6.07, 6.45) is 1.77. The molecule has 108 valence electrons. The van der Waals surface area contributed by atoms with E-state index in [1.807, 2.05) is 36.7 Å². The first-order chi connectivity index (χ1) is 9.65. The summed E-state index contributed by atoms with van der Waals surface area (Å²) in [5.74, 6) is 5.75. The Hall–Kier alpha value is -1.76. The highest BCUT2D eigenvalue weighted by Gasteiger charge is 2.17. The summed E-state index contributed by atoms with van der Waals surface area (Å²) < 4.78 is 7.01. The van der Waals surface area contributed by atoms with Gasteiger partial charge in [-0.2, -0.15) is 5.10 Å². The topological polar surface area (TPSA) is 78.0 Å². The number of nitrogens with two attached hydrogens (primary N) is 1. The number of aromatic nitrogens is 3. The number of ether oxygens (including phenoxy) is 1. The van der Waals surface area contributed by atoms with Crippen LogP contribution in [0, 0.1) is 13.8 Å². The second kappa shape index (κ2) is 6.60. The lowest BCUT2D eigenvalue weighted by molar-refractivity contribution is 0.182. The molecular weight excluding hydrogens is 254 g/mol. The first-order valence-electron chi connectivity index (χ1n) is 6.57. The van der Waals surface area contributed by atoms with E-state index in [1.54, 1.807) is 13.3 Å². The van der Waals surface area contributed by atoms with Crippen LogP contribution < -0.4 is 11.3 Å². The molecule has 0 saturated heterocycles. The third-order valence-corrected chi connectivity index (χ3v) is 3.16. The zero-order chi connectivity index (χ0) is 14.5. The average molecular weight is 275 g/mol. The van der Waals surface area contributed by atoms with Crippen LogP contribution in [-0.2, 0) is 11.3 Å². The van der Waals surface area contributed by atoms with E-state index in [4.69, 9.17) is 10.6 Å². The number of hydrazine groups is 1. The molecule has 0 fully saturated rings. The number of hydrogen-bond acceptors (Lipinski definition) is 5. The molecule has 0 bridgehead atoms. The maximum atomic E-state index is 5.75. The summed E-state index contributed by atoms with van der Waals surface area (Å²) in [5, 5.41) is 4.32. The monoisotopic (exact) mass is 275 g/mol. The molecule has 6 nitrogen and oxygen atoms in total. The van der Waals surface area contributed by atoms with Gasteiger partial charge in [0.2, 0.25) is 0 Å². The zero-order valence-electron chi connectivity index (χ0n) is 12.1. The summed E-state index contributed by atoms with van der Waals surface area (Å²) in [6, 6.07) is 5.91. The van der Waals surface area contributed by atoms with Crippen LogP contribution in [-0.4, -0.2) is 28.5 Å². The Morgan fingerprint density at radius 2 is 2.05 bits per heavy atom. The Balaban J connectivity index is 2.34. The Morgan fingerprint density at radius 3 is 2.65 bits per heavy atom. The van der Waals surface area contributed by atoms with Crippen LogP contribution in [0.4, 0.5) is 0 Å². The molecule has 0 aliphatic carbocycles. The van der Waals surface area contributed by atoms with Gasteiger partial charge in [0.15, 0.2) is 0 Å². The van der Waals surface area contributed by atoms with Crippen molar-refractivity contribution in [1.82, 2.24) is 20.2 Å². The number of aryl methyl sites for hydroxylation is 2. The molecular formula is C14H21N5O. The Morgan fingerprint density at radius 1 is 1.35 bits per heavy atom. The Kier molecular flexibility index (Phi) is 4.84. The van der Waals surface area contributed by atoms with Crippen LogP contribution >= 0.6 is 0 Å². The summed E-state index contributed by atoms with van der Waals surface area (Å²) >= 11 is 0. The number of methoxy groups -OCH3 is 1. The third-order valence-electron chi connectivity index (χ3n) is 3.16. The molecule has 0 amide bonds. The van der Waals surface area contributed by atoms with Crippen LogP contribution in [0.2, 0.25) is 0 Å². The van der Waals surface area contributed by atoms with Crippen LogP contribution in [0.1, 0.15) is 28.7 Å². The van der Waals surface area contributed by atoms with E-state index in [0.717, 1.165) is 22.6 Å². The molecule has 0 radical (unpaired) electrons. The standard InChI is InChI=1S/C14H21N5O/c1-10-8-12(9-11(2)17-10)14(18-15)13-4-5-16-19(13)6-7-20-3/h4-5,8-9,14,18H,6-7,15H2,1-3H3. The van der Waals surface area contributed by atoms with E-state index in [-0.39, 0.29) is 6.04 Å². The van der Waals surface area contributed by atoms with Crippen molar-refractivity contribution in [2.75, 3.05) is 13.7 Å². The molecule has 0 spiro atoms. The van der Waals surface area contributed by atoms with Crippen molar-refractivity contribution in [2.45, 2.75) is 26.4 Å². The fraction of sp³-hybridized carbons (Fsp3) is 0.429. The normalized spacial score (nSPS) is 12.6. The molecule has 0 saturated carbocycles. The summed E-state index contributed by atoms with van der Waals surface area (Å²) in [6.45, 7) is 5.26. The second-order valence-corrected chi connectivity index (χ2v) is 4.75. The van der Waals surface area contributed by atoms with Crippen molar-refractivity contribution in [3.05, 3.63) is 47.0 Å². The van der Waals surface area contributed by atoms with Crippen molar-refractivity contribution in [3.63, 3.8) is 0 Å². The van der Waals surface area contributed by atoms with Gasteiger partial charge >= 0.3 is 0 Å². The van der Waals surface area contributed by atoms with Gasteiger partial charge < -0.3 is 4.74 Å². The first-order valence-corrected chi connectivity index (χ1v) is 6.57.